The number of nitrogens with zero attached hydrogens (tertiary/aromatic N) is 4. The third kappa shape index (κ3) is 5.73. The van der Waals surface area contributed by atoms with Gasteiger partial charge in [-0.05, 0) is 42.5 Å². The lowest BCUT2D eigenvalue weighted by Crippen LogP contribution is -2.55. The number of aromatic nitrogens is 3. The van der Waals surface area contributed by atoms with Crippen molar-refractivity contribution >= 4 is 40.0 Å². The van der Waals surface area contributed by atoms with Crippen molar-refractivity contribution < 1.29 is 13.9 Å². The number of benzene rings is 2. The number of ether oxygens (including phenoxy) is 1. The van der Waals surface area contributed by atoms with Crippen molar-refractivity contribution in [3.05, 3.63) is 83.8 Å². The highest BCUT2D eigenvalue weighted by Gasteiger charge is 2.26. The maximum Gasteiger partial charge on any atom is 0.256 e. The number of carbonyl (C=O) groups is 1. The Morgan fingerprint density at radius 1 is 1.18 bits per heavy atom. The minimum atomic E-state index is -0.354. The molecule has 1 amide bonds. The van der Waals surface area contributed by atoms with E-state index in [0.29, 0.717) is 40.4 Å². The number of hydrogen-bond donors (Lipinski definition) is 3. The van der Waals surface area contributed by atoms with E-state index in [1.54, 1.807) is 43.6 Å². The van der Waals surface area contributed by atoms with Gasteiger partial charge in [0.15, 0.2) is 5.65 Å². The maximum atomic E-state index is 12.9. The third-order valence-electron chi connectivity index (χ3n) is 6.37. The molecular formula is C28H28FN7O3. The van der Waals surface area contributed by atoms with Gasteiger partial charge in [0.25, 0.3) is 5.56 Å². The molecule has 1 saturated heterocycles. The van der Waals surface area contributed by atoms with Gasteiger partial charge >= 0.3 is 0 Å². The number of alkyl halides is 1. The summed E-state index contributed by atoms with van der Waals surface area (Å²) in [5.74, 6) is 0.505. The number of methoxy groups -OCH3 is 1. The zero-order valence-corrected chi connectivity index (χ0v) is 21.4. The van der Waals surface area contributed by atoms with Crippen LogP contribution < -0.4 is 26.2 Å². The molecule has 1 fully saturated rings. The second-order valence-electron chi connectivity index (χ2n) is 9.05. The fraction of sp³-hybridized carbons (Fsp3) is 0.214. The van der Waals surface area contributed by atoms with E-state index in [4.69, 9.17) is 4.74 Å². The molecule has 0 radical (unpaired) electrons. The summed E-state index contributed by atoms with van der Waals surface area (Å²) in [4.78, 5) is 35.8. The van der Waals surface area contributed by atoms with Crippen molar-refractivity contribution in [2.24, 2.45) is 0 Å². The van der Waals surface area contributed by atoms with Crippen LogP contribution in [0, 0.1) is 0 Å². The number of likely N-dealkylation sites (tertiary alicyclic amines) is 1. The van der Waals surface area contributed by atoms with Gasteiger partial charge in [-0.2, -0.15) is 4.98 Å². The zero-order valence-electron chi connectivity index (χ0n) is 21.4. The number of hydrogen-bond acceptors (Lipinski definition) is 8. The minimum Gasteiger partial charge on any atom is -0.494 e. The van der Waals surface area contributed by atoms with Crippen molar-refractivity contribution in [2.75, 3.05) is 49.4 Å². The quantitative estimate of drug-likeness (QED) is 0.267. The first kappa shape index (κ1) is 25.9. The highest BCUT2D eigenvalue weighted by Crippen LogP contribution is 2.31. The lowest BCUT2D eigenvalue weighted by molar-refractivity contribution is -0.111. The van der Waals surface area contributed by atoms with Gasteiger partial charge in [0.2, 0.25) is 11.9 Å². The first-order valence-corrected chi connectivity index (χ1v) is 12.4. The summed E-state index contributed by atoms with van der Waals surface area (Å²) in [6.07, 6.45) is 2.81. The van der Waals surface area contributed by atoms with E-state index in [0.717, 1.165) is 18.8 Å². The molecule has 0 atom stereocenters. The third-order valence-corrected chi connectivity index (χ3v) is 6.37. The molecule has 200 valence electrons. The summed E-state index contributed by atoms with van der Waals surface area (Å²) in [6.45, 7) is 5.17. The predicted octanol–water partition coefficient (Wildman–Crippen LogP) is 3.72. The van der Waals surface area contributed by atoms with Crippen LogP contribution in [0.15, 0.2) is 78.2 Å². The minimum absolute atomic E-state index is 0.254. The van der Waals surface area contributed by atoms with Crippen molar-refractivity contribution in [2.45, 2.75) is 6.04 Å². The Hall–Kier alpha value is -4.77. The highest BCUT2D eigenvalue weighted by molar-refractivity contribution is 5.99. The van der Waals surface area contributed by atoms with Crippen molar-refractivity contribution in [1.82, 2.24) is 19.4 Å². The smallest absolute Gasteiger partial charge is 0.256 e. The summed E-state index contributed by atoms with van der Waals surface area (Å²) in [5.41, 5.74) is 2.70. The van der Waals surface area contributed by atoms with Gasteiger partial charge in [-0.1, -0.05) is 12.6 Å². The number of pyridine rings is 1. The molecule has 5 rings (SSSR count). The Morgan fingerprint density at radius 2 is 2.03 bits per heavy atom. The fourth-order valence-corrected chi connectivity index (χ4v) is 4.45. The topological polar surface area (TPSA) is 113 Å². The molecule has 1 aliphatic rings. The van der Waals surface area contributed by atoms with Gasteiger partial charge < -0.3 is 20.7 Å². The molecule has 0 saturated carbocycles. The van der Waals surface area contributed by atoms with Gasteiger partial charge in [-0.3, -0.25) is 19.1 Å². The largest absolute Gasteiger partial charge is 0.494 e. The number of anilines is 4. The number of fused-ring (bicyclic) bond motifs is 1. The maximum absolute atomic E-state index is 12.9. The molecule has 0 spiro atoms. The van der Waals surface area contributed by atoms with E-state index in [9.17, 15) is 14.0 Å². The van der Waals surface area contributed by atoms with Crippen LogP contribution in [-0.4, -0.2) is 64.8 Å². The molecule has 0 aliphatic carbocycles. The molecule has 0 bridgehead atoms. The zero-order chi connectivity index (χ0) is 27.4. The number of rotatable bonds is 10. The molecule has 4 aromatic rings. The number of amides is 1. The summed E-state index contributed by atoms with van der Waals surface area (Å²) in [5, 5.41) is 9.98. The Labute approximate surface area is 224 Å². The molecule has 1 aliphatic heterocycles. The molecule has 39 heavy (non-hydrogen) atoms. The second-order valence-corrected chi connectivity index (χ2v) is 9.05. The van der Waals surface area contributed by atoms with Gasteiger partial charge in [-0.25, -0.2) is 9.37 Å². The van der Waals surface area contributed by atoms with E-state index in [-0.39, 0.29) is 30.1 Å². The van der Waals surface area contributed by atoms with Gasteiger partial charge in [0.1, 0.15) is 12.4 Å². The predicted molar refractivity (Wildman–Crippen MR) is 150 cm³/mol. The van der Waals surface area contributed by atoms with Gasteiger partial charge in [0, 0.05) is 54.7 Å². The number of nitrogens with one attached hydrogen (secondary N) is 3. The van der Waals surface area contributed by atoms with E-state index in [1.807, 2.05) is 18.2 Å². The summed E-state index contributed by atoms with van der Waals surface area (Å²) >= 11 is 0. The van der Waals surface area contributed by atoms with E-state index >= 15 is 0 Å². The van der Waals surface area contributed by atoms with Crippen molar-refractivity contribution in [1.29, 1.82) is 0 Å². The molecular weight excluding hydrogens is 501 g/mol. The Morgan fingerprint density at radius 3 is 2.79 bits per heavy atom. The van der Waals surface area contributed by atoms with E-state index < -0.39 is 0 Å². The van der Waals surface area contributed by atoms with Crippen molar-refractivity contribution in [3.63, 3.8) is 0 Å². The van der Waals surface area contributed by atoms with Crippen LogP contribution in [0.2, 0.25) is 0 Å². The SMILES string of the molecule is C=CC(=O)Nc1cccc(-n2c(=O)ccc3cnc(Nc4ccc(NC5CN(CCF)C5)cc4OC)nc32)c1. The van der Waals surface area contributed by atoms with E-state index in [2.05, 4.69) is 37.4 Å². The molecule has 10 nitrogen and oxygen atoms in total. The first-order chi connectivity index (χ1) is 19.0. The molecule has 11 heteroatoms. The highest BCUT2D eigenvalue weighted by atomic mass is 19.1. The second kappa shape index (κ2) is 11.3. The lowest BCUT2D eigenvalue weighted by atomic mass is 10.1. The Kier molecular flexibility index (Phi) is 7.50. The number of halogens is 1. The van der Waals surface area contributed by atoms with Crippen LogP contribution in [0.4, 0.5) is 27.4 Å². The number of carbonyl (C=O) groups excluding carboxylic acids is 1. The average Bonchev–Trinajstić information content (AvgIpc) is 2.92. The first-order valence-electron chi connectivity index (χ1n) is 12.4. The monoisotopic (exact) mass is 529 g/mol. The van der Waals surface area contributed by atoms with Gasteiger partial charge in [0.05, 0.1) is 24.5 Å². The van der Waals surface area contributed by atoms with Crippen molar-refractivity contribution in [3.8, 4) is 11.4 Å². The van der Waals surface area contributed by atoms with Crippen LogP contribution in [0.1, 0.15) is 0 Å². The lowest BCUT2D eigenvalue weighted by Gasteiger charge is -2.39. The van der Waals surface area contributed by atoms with Crippen LogP contribution in [0.5, 0.6) is 5.75 Å². The average molecular weight is 530 g/mol. The summed E-state index contributed by atoms with van der Waals surface area (Å²) in [7, 11) is 1.58. The molecule has 3 heterocycles. The molecule has 2 aromatic heterocycles. The molecule has 3 N–H and O–H groups in total. The van der Waals surface area contributed by atoms with Crippen LogP contribution in [0.25, 0.3) is 16.7 Å². The molecule has 0 unspecified atom stereocenters. The summed E-state index contributed by atoms with van der Waals surface area (Å²) in [6, 6.07) is 15.9. The van der Waals surface area contributed by atoms with Crippen LogP contribution >= 0.6 is 0 Å². The normalized spacial score (nSPS) is 13.5. The van der Waals surface area contributed by atoms with Crippen LogP contribution in [0.3, 0.4) is 0 Å². The Balaban J connectivity index is 1.41. The van der Waals surface area contributed by atoms with Crippen LogP contribution in [-0.2, 0) is 4.79 Å². The molecule has 2 aromatic carbocycles. The fourth-order valence-electron chi connectivity index (χ4n) is 4.45. The van der Waals surface area contributed by atoms with Gasteiger partial charge in [-0.15, -0.1) is 0 Å². The van der Waals surface area contributed by atoms with E-state index in [1.165, 1.54) is 16.7 Å². The Bertz CT molecular complexity index is 1580. The standard InChI is InChI=1S/C28H28FN7O3/c1-3-25(37)32-19-5-4-6-22(13-19)36-26(38)10-7-18-15-30-28(34-27(18)36)33-23-9-8-20(14-24(23)39-2)31-21-16-35(17-21)12-11-29/h3-10,13-15,21,31H,1,11-12,16-17H2,2H3,(H,32,37)(H,30,33,34). The summed E-state index contributed by atoms with van der Waals surface area (Å²) < 4.78 is 19.5.